The Morgan fingerprint density at radius 1 is 1.29 bits per heavy atom. The van der Waals surface area contributed by atoms with E-state index in [-0.39, 0.29) is 11.5 Å². The van der Waals surface area contributed by atoms with Crippen LogP contribution in [-0.4, -0.2) is 6.54 Å². The Balaban J connectivity index is 2.41. The van der Waals surface area contributed by atoms with Gasteiger partial charge in [-0.2, -0.15) is 0 Å². The van der Waals surface area contributed by atoms with Gasteiger partial charge < -0.3 is 5.32 Å². The van der Waals surface area contributed by atoms with Crippen molar-refractivity contribution >= 4 is 11.6 Å². The van der Waals surface area contributed by atoms with Gasteiger partial charge in [-0.1, -0.05) is 45.2 Å². The molecule has 0 heterocycles. The van der Waals surface area contributed by atoms with E-state index in [0.717, 1.165) is 25.5 Å². The van der Waals surface area contributed by atoms with Crippen molar-refractivity contribution in [3.63, 3.8) is 0 Å². The molecular formula is C17H24ClF2N. The first-order valence-electron chi connectivity index (χ1n) is 7.74. The van der Waals surface area contributed by atoms with E-state index in [0.29, 0.717) is 16.5 Å². The fraction of sp³-hybridized carbons (Fsp3) is 0.647. The third-order valence-corrected chi connectivity index (χ3v) is 5.12. The van der Waals surface area contributed by atoms with Crippen molar-refractivity contribution in [3.05, 3.63) is 34.4 Å². The van der Waals surface area contributed by atoms with Crippen LogP contribution in [0.3, 0.4) is 0 Å². The van der Waals surface area contributed by atoms with Gasteiger partial charge in [0.1, 0.15) is 0 Å². The molecule has 1 N–H and O–H groups in total. The van der Waals surface area contributed by atoms with Crippen LogP contribution in [-0.2, 0) is 0 Å². The number of benzene rings is 1. The van der Waals surface area contributed by atoms with Crippen molar-refractivity contribution in [3.8, 4) is 0 Å². The average Bonchev–Trinajstić information content (AvgIpc) is 2.41. The van der Waals surface area contributed by atoms with Gasteiger partial charge in [-0.25, -0.2) is 8.78 Å². The van der Waals surface area contributed by atoms with E-state index in [2.05, 4.69) is 19.2 Å². The van der Waals surface area contributed by atoms with Crippen molar-refractivity contribution in [1.82, 2.24) is 5.32 Å². The lowest BCUT2D eigenvalue weighted by Gasteiger charge is -2.44. The lowest BCUT2D eigenvalue weighted by molar-refractivity contribution is 0.0987. The van der Waals surface area contributed by atoms with Crippen molar-refractivity contribution < 1.29 is 8.78 Å². The molecule has 2 atom stereocenters. The summed E-state index contributed by atoms with van der Waals surface area (Å²) in [7, 11) is 0. The van der Waals surface area contributed by atoms with Gasteiger partial charge >= 0.3 is 0 Å². The number of rotatable bonds is 4. The fourth-order valence-corrected chi connectivity index (χ4v) is 3.87. The first-order chi connectivity index (χ1) is 9.86. The summed E-state index contributed by atoms with van der Waals surface area (Å²) in [6.07, 6.45) is 4.64. The Bertz CT molecular complexity index is 502. The highest BCUT2D eigenvalue weighted by Gasteiger charge is 2.38. The molecule has 2 rings (SSSR count). The number of nitrogens with one attached hydrogen (secondary N) is 1. The molecule has 0 spiro atoms. The highest BCUT2D eigenvalue weighted by atomic mass is 35.5. The lowest BCUT2D eigenvalue weighted by atomic mass is 9.64. The molecular weight excluding hydrogens is 292 g/mol. The molecule has 0 bridgehead atoms. The molecule has 0 aliphatic heterocycles. The largest absolute Gasteiger partial charge is 0.310 e. The zero-order chi connectivity index (χ0) is 15.6. The molecule has 0 amide bonds. The summed E-state index contributed by atoms with van der Waals surface area (Å²) in [5.41, 5.74) is 0.844. The van der Waals surface area contributed by atoms with Crippen LogP contribution >= 0.6 is 11.6 Å². The minimum atomic E-state index is -0.887. The molecule has 118 valence electrons. The Kier molecular flexibility index (Phi) is 5.26. The molecule has 1 fully saturated rings. The fourth-order valence-electron chi connectivity index (χ4n) is 3.60. The van der Waals surface area contributed by atoms with Gasteiger partial charge in [0.15, 0.2) is 11.6 Å². The average molecular weight is 316 g/mol. The maximum absolute atomic E-state index is 13.7. The van der Waals surface area contributed by atoms with E-state index in [1.807, 2.05) is 6.92 Å². The van der Waals surface area contributed by atoms with E-state index in [1.54, 1.807) is 0 Å². The molecule has 4 heteroatoms. The number of hydrogen-bond donors (Lipinski definition) is 1. The maximum Gasteiger partial charge on any atom is 0.160 e. The lowest BCUT2D eigenvalue weighted by Crippen LogP contribution is -2.39. The van der Waals surface area contributed by atoms with Gasteiger partial charge in [0.25, 0.3) is 0 Å². The Hall–Kier alpha value is -0.670. The Morgan fingerprint density at radius 3 is 2.57 bits per heavy atom. The summed E-state index contributed by atoms with van der Waals surface area (Å²) < 4.78 is 27.0. The summed E-state index contributed by atoms with van der Waals surface area (Å²) >= 11 is 6.20. The molecule has 0 aromatic heterocycles. The normalized spacial score (nSPS) is 23.0. The van der Waals surface area contributed by atoms with E-state index >= 15 is 0 Å². The van der Waals surface area contributed by atoms with Crippen molar-refractivity contribution in [2.24, 2.45) is 11.3 Å². The van der Waals surface area contributed by atoms with Crippen LogP contribution in [0.25, 0.3) is 0 Å². The summed E-state index contributed by atoms with van der Waals surface area (Å²) in [5.74, 6) is -1.35. The maximum atomic E-state index is 13.7. The van der Waals surface area contributed by atoms with Crippen molar-refractivity contribution in [1.29, 1.82) is 0 Å². The Morgan fingerprint density at radius 2 is 1.95 bits per heavy atom. The highest BCUT2D eigenvalue weighted by molar-refractivity contribution is 6.31. The van der Waals surface area contributed by atoms with Gasteiger partial charge in [0, 0.05) is 11.1 Å². The van der Waals surface area contributed by atoms with Crippen LogP contribution in [0, 0.1) is 23.0 Å². The van der Waals surface area contributed by atoms with Crippen LogP contribution in [0.15, 0.2) is 12.1 Å². The zero-order valence-corrected chi connectivity index (χ0v) is 13.7. The van der Waals surface area contributed by atoms with Gasteiger partial charge in [0.2, 0.25) is 0 Å². The van der Waals surface area contributed by atoms with Crippen LogP contribution in [0.5, 0.6) is 0 Å². The molecule has 0 radical (unpaired) electrons. The zero-order valence-electron chi connectivity index (χ0n) is 13.0. The van der Waals surface area contributed by atoms with E-state index in [9.17, 15) is 8.78 Å². The van der Waals surface area contributed by atoms with Gasteiger partial charge in [0.05, 0.1) is 0 Å². The third kappa shape index (κ3) is 3.57. The van der Waals surface area contributed by atoms with Gasteiger partial charge in [-0.15, -0.1) is 0 Å². The van der Waals surface area contributed by atoms with Gasteiger partial charge in [-0.05, 0) is 48.4 Å². The first-order valence-corrected chi connectivity index (χ1v) is 8.12. The predicted octanol–water partition coefficient (Wildman–Crippen LogP) is 5.49. The molecule has 1 nitrogen and oxygen atoms in total. The standard InChI is InChI=1S/C17H24ClF2N/c1-4-21-16(12-7-5-6-8-17(12,2)3)11-9-14(19)15(20)10-13(11)18/h9-10,12,16,21H,4-8H2,1-3H3. The second kappa shape index (κ2) is 6.62. The minimum Gasteiger partial charge on any atom is -0.310 e. The predicted molar refractivity (Wildman–Crippen MR) is 83.5 cm³/mol. The highest BCUT2D eigenvalue weighted by Crippen LogP contribution is 2.47. The quantitative estimate of drug-likeness (QED) is 0.725. The molecule has 0 saturated heterocycles. The molecule has 1 aliphatic carbocycles. The van der Waals surface area contributed by atoms with Gasteiger partial charge in [-0.3, -0.25) is 0 Å². The number of hydrogen-bond acceptors (Lipinski definition) is 1. The van der Waals surface area contributed by atoms with Crippen LogP contribution in [0.1, 0.15) is 58.1 Å². The minimum absolute atomic E-state index is 0.0344. The van der Waals surface area contributed by atoms with Crippen LogP contribution in [0.2, 0.25) is 5.02 Å². The molecule has 1 aromatic carbocycles. The molecule has 1 aromatic rings. The summed E-state index contributed by atoms with van der Waals surface area (Å²) in [4.78, 5) is 0. The van der Waals surface area contributed by atoms with Crippen molar-refractivity contribution in [2.75, 3.05) is 6.54 Å². The SMILES string of the molecule is CCNC(c1cc(F)c(F)cc1Cl)C1CCCCC1(C)C. The van der Waals surface area contributed by atoms with E-state index in [1.165, 1.54) is 18.9 Å². The monoisotopic (exact) mass is 315 g/mol. The molecule has 1 aliphatic rings. The van der Waals surface area contributed by atoms with Crippen molar-refractivity contribution in [2.45, 2.75) is 52.5 Å². The second-order valence-corrected chi connectivity index (χ2v) is 7.07. The van der Waals surface area contributed by atoms with Crippen LogP contribution < -0.4 is 5.32 Å². The molecule has 1 saturated carbocycles. The summed E-state index contributed by atoms with van der Waals surface area (Å²) in [6.45, 7) is 7.31. The summed E-state index contributed by atoms with van der Waals surface area (Å²) in [5, 5.41) is 3.74. The Labute approximate surface area is 131 Å². The topological polar surface area (TPSA) is 12.0 Å². The van der Waals surface area contributed by atoms with E-state index in [4.69, 9.17) is 11.6 Å². The molecule has 21 heavy (non-hydrogen) atoms. The molecule has 2 unspecified atom stereocenters. The number of halogens is 3. The summed E-state index contributed by atoms with van der Waals surface area (Å²) in [6, 6.07) is 2.31. The first kappa shape index (κ1) is 16.7. The van der Waals surface area contributed by atoms with E-state index < -0.39 is 11.6 Å². The van der Waals surface area contributed by atoms with Crippen LogP contribution in [0.4, 0.5) is 8.78 Å². The smallest absolute Gasteiger partial charge is 0.160 e. The second-order valence-electron chi connectivity index (χ2n) is 6.66. The third-order valence-electron chi connectivity index (χ3n) is 4.79.